The van der Waals surface area contributed by atoms with Gasteiger partial charge in [-0.25, -0.2) is 0 Å². The van der Waals surface area contributed by atoms with E-state index in [1.54, 1.807) is 49.6 Å². The Morgan fingerprint density at radius 3 is 1.78 bits per heavy atom. The molecule has 45 heavy (non-hydrogen) atoms. The van der Waals surface area contributed by atoms with Gasteiger partial charge in [-0.05, 0) is 72.8 Å². The molecule has 5 aromatic carbocycles. The summed E-state index contributed by atoms with van der Waals surface area (Å²) in [7, 11) is -5.45. The zero-order valence-electron chi connectivity index (χ0n) is 23.5. The number of carbonyl (C=O) groups is 1. The van der Waals surface area contributed by atoms with Gasteiger partial charge in [0.25, 0.3) is 0 Å². The molecule has 5 aromatic rings. The number of rotatable bonds is 8. The molecule has 2 nitrogen and oxygen atoms in total. The van der Waals surface area contributed by atoms with Crippen molar-refractivity contribution in [1.82, 2.24) is 0 Å². The molecule has 5 rings (SSSR count). The minimum atomic E-state index is -6.00. The smallest absolute Gasteiger partial charge is 0.497 e. The van der Waals surface area contributed by atoms with Crippen LogP contribution < -0.4 is 4.74 Å². The second-order valence-electron chi connectivity index (χ2n) is 9.27. The molecule has 0 fully saturated rings. The van der Waals surface area contributed by atoms with Crippen molar-refractivity contribution >= 4 is 35.7 Å². The third kappa shape index (κ3) is 9.66. The van der Waals surface area contributed by atoms with Gasteiger partial charge in [0.1, 0.15) is 11.3 Å². The zero-order valence-corrected chi connectivity index (χ0v) is 25.1. The van der Waals surface area contributed by atoms with Gasteiger partial charge in [-0.3, -0.25) is 4.79 Å². The summed E-state index contributed by atoms with van der Waals surface area (Å²) in [5.41, 5.74) is 0.573. The van der Waals surface area contributed by atoms with E-state index >= 15 is 0 Å². The number of ether oxygens (including phenoxy) is 1. The average molecular weight is 660 g/mol. The van der Waals surface area contributed by atoms with Gasteiger partial charge in [0, 0.05) is 20.9 Å². The fourth-order valence-electron chi connectivity index (χ4n) is 4.22. The average Bonchev–Trinajstić information content (AvgIpc) is 3.01. The van der Waals surface area contributed by atoms with Crippen LogP contribution in [0.25, 0.3) is 0 Å². The highest BCUT2D eigenvalue weighted by molar-refractivity contribution is 7.99. The molecule has 0 aromatic heterocycles. The Morgan fingerprint density at radius 2 is 1.20 bits per heavy atom. The van der Waals surface area contributed by atoms with Crippen molar-refractivity contribution in [1.29, 1.82) is 0 Å². The summed E-state index contributed by atoms with van der Waals surface area (Å²) in [6, 6.07) is 37.0. The SMILES string of the molecule is COc1ccc([S+](c2ccc(Sc3cccc(C(=O)c4ccccc4)c3)cc2)c2ccccc2C(F)(F)F)cc1.F[B-](F)(F)F. The molecule has 0 radical (unpaired) electrons. The number of methoxy groups -OCH3 is 1. The molecule has 12 heteroatoms. The molecule has 0 aliphatic heterocycles. The predicted molar refractivity (Wildman–Crippen MR) is 164 cm³/mol. The molecule has 0 saturated heterocycles. The van der Waals surface area contributed by atoms with Crippen LogP contribution in [0.3, 0.4) is 0 Å². The fourth-order valence-corrected chi connectivity index (χ4v) is 7.31. The Balaban J connectivity index is 0.000000854. The van der Waals surface area contributed by atoms with E-state index in [2.05, 4.69) is 0 Å². The first-order chi connectivity index (χ1) is 21.3. The predicted octanol–water partition coefficient (Wildman–Crippen LogP) is 10.5. The highest BCUT2D eigenvalue weighted by atomic mass is 32.2. The summed E-state index contributed by atoms with van der Waals surface area (Å²) in [4.78, 5) is 16.4. The molecule has 0 aliphatic rings. The summed E-state index contributed by atoms with van der Waals surface area (Å²) in [6.45, 7) is 0. The topological polar surface area (TPSA) is 26.3 Å². The summed E-state index contributed by atoms with van der Waals surface area (Å²) in [6.07, 6.45) is -4.48. The van der Waals surface area contributed by atoms with Gasteiger partial charge in [0.05, 0.1) is 18.0 Å². The van der Waals surface area contributed by atoms with Gasteiger partial charge in [0.15, 0.2) is 20.5 Å². The van der Waals surface area contributed by atoms with Crippen molar-refractivity contribution in [3.63, 3.8) is 0 Å². The van der Waals surface area contributed by atoms with Gasteiger partial charge in [-0.2, -0.15) is 13.2 Å². The third-order valence-electron chi connectivity index (χ3n) is 6.13. The molecular weight excluding hydrogens is 636 g/mol. The fraction of sp³-hybridized carbons (Fsp3) is 0.0606. The molecule has 232 valence electrons. The first-order valence-corrected chi connectivity index (χ1v) is 15.3. The van der Waals surface area contributed by atoms with Crippen molar-refractivity contribution < 1.29 is 40.0 Å². The van der Waals surface area contributed by atoms with Crippen LogP contribution in [0.2, 0.25) is 0 Å². The maximum absolute atomic E-state index is 14.0. The van der Waals surface area contributed by atoms with E-state index in [0.717, 1.165) is 25.6 Å². The Labute approximate surface area is 262 Å². The second kappa shape index (κ2) is 14.7. The molecule has 0 N–H and O–H groups in total. The van der Waals surface area contributed by atoms with Gasteiger partial charge in [-0.1, -0.05) is 66.4 Å². The van der Waals surface area contributed by atoms with Crippen LogP contribution in [0.5, 0.6) is 5.75 Å². The largest absolute Gasteiger partial charge is 0.673 e. The van der Waals surface area contributed by atoms with E-state index in [4.69, 9.17) is 4.74 Å². The van der Waals surface area contributed by atoms with Gasteiger partial charge >= 0.3 is 13.4 Å². The van der Waals surface area contributed by atoms with E-state index in [0.29, 0.717) is 16.9 Å². The molecule has 0 bridgehead atoms. The summed E-state index contributed by atoms with van der Waals surface area (Å²) >= 11 is 1.49. The second-order valence-corrected chi connectivity index (χ2v) is 12.4. The minimum absolute atomic E-state index is 0.0507. The number of hydrogen-bond donors (Lipinski definition) is 0. The van der Waals surface area contributed by atoms with Crippen LogP contribution >= 0.6 is 11.8 Å². The Kier molecular flexibility index (Phi) is 11.1. The molecule has 0 spiro atoms. The lowest BCUT2D eigenvalue weighted by molar-refractivity contribution is -0.139. The number of halogens is 7. The van der Waals surface area contributed by atoms with Crippen molar-refractivity contribution in [2.24, 2.45) is 0 Å². The van der Waals surface area contributed by atoms with Crippen molar-refractivity contribution in [2.45, 2.75) is 30.7 Å². The van der Waals surface area contributed by atoms with Crippen LogP contribution in [0.15, 0.2) is 152 Å². The van der Waals surface area contributed by atoms with E-state index in [-0.39, 0.29) is 10.7 Å². The summed E-state index contributed by atoms with van der Waals surface area (Å²) in [5.74, 6) is 0.585. The summed E-state index contributed by atoms with van der Waals surface area (Å²) in [5, 5.41) is 0. The lowest BCUT2D eigenvalue weighted by Crippen LogP contribution is -2.14. The molecule has 1 atom stereocenters. The highest BCUT2D eigenvalue weighted by Gasteiger charge is 2.41. The van der Waals surface area contributed by atoms with Crippen LogP contribution in [-0.4, -0.2) is 20.1 Å². The monoisotopic (exact) mass is 660 g/mol. The van der Waals surface area contributed by atoms with Gasteiger partial charge in [0.2, 0.25) is 0 Å². The number of ketones is 1. The van der Waals surface area contributed by atoms with Gasteiger partial charge < -0.3 is 22.0 Å². The minimum Gasteiger partial charge on any atom is -0.497 e. The van der Waals surface area contributed by atoms with Crippen LogP contribution in [0.4, 0.5) is 30.4 Å². The zero-order chi connectivity index (χ0) is 32.6. The molecular formula is C33H24BF7O2S2. The van der Waals surface area contributed by atoms with Crippen LogP contribution in [-0.2, 0) is 17.1 Å². The molecule has 1 unspecified atom stereocenters. The molecule has 0 amide bonds. The van der Waals surface area contributed by atoms with Crippen LogP contribution in [0, 0.1) is 0 Å². The first kappa shape index (κ1) is 33.7. The first-order valence-electron chi connectivity index (χ1n) is 13.2. The maximum atomic E-state index is 14.0. The standard InChI is InChI=1S/C33H24F3O2S2.BF4/c1-38-25-14-18-28(19-15-25)40(31-13-6-5-12-30(31)33(34,35)36)29-20-16-26(17-21-29)39-27-11-7-10-24(22-27)32(37)23-8-3-2-4-9-23;2-1(3,4)5/h2-22H,1H3;/q+1;-1. The Hall–Kier alpha value is -4.16. The van der Waals surface area contributed by atoms with Crippen molar-refractivity contribution in [3.8, 4) is 5.75 Å². The summed E-state index contributed by atoms with van der Waals surface area (Å²) < 4.78 is 86.3. The number of benzene rings is 5. The normalized spacial score (nSPS) is 12.1. The van der Waals surface area contributed by atoms with E-state index in [1.807, 2.05) is 72.8 Å². The molecule has 0 heterocycles. The molecule has 0 aliphatic carbocycles. The van der Waals surface area contributed by atoms with E-state index in [9.17, 15) is 35.2 Å². The van der Waals surface area contributed by atoms with E-state index < -0.39 is 29.9 Å². The number of alkyl halides is 3. The lowest BCUT2D eigenvalue weighted by Gasteiger charge is -2.14. The molecule has 0 saturated carbocycles. The van der Waals surface area contributed by atoms with E-state index in [1.165, 1.54) is 17.8 Å². The third-order valence-corrected chi connectivity index (χ3v) is 9.42. The van der Waals surface area contributed by atoms with Crippen molar-refractivity contribution in [2.75, 3.05) is 7.11 Å². The quantitative estimate of drug-likeness (QED) is 0.0717. The number of carbonyl (C=O) groups excluding carboxylic acids is 1. The maximum Gasteiger partial charge on any atom is 0.673 e. The Bertz CT molecular complexity index is 1710. The van der Waals surface area contributed by atoms with Crippen LogP contribution in [0.1, 0.15) is 21.5 Å². The number of hydrogen-bond acceptors (Lipinski definition) is 3. The Morgan fingerprint density at radius 1 is 0.667 bits per heavy atom. The lowest BCUT2D eigenvalue weighted by atomic mass is 10.0. The van der Waals surface area contributed by atoms with Crippen molar-refractivity contribution in [3.05, 3.63) is 144 Å². The highest BCUT2D eigenvalue weighted by Crippen LogP contribution is 2.41. The van der Waals surface area contributed by atoms with Gasteiger partial charge in [-0.15, -0.1) is 0 Å².